The Balaban J connectivity index is 1.01. The maximum Gasteiger partial charge on any atom is 0.239 e. The molecule has 55 heavy (non-hydrogen) atoms. The van der Waals surface area contributed by atoms with Gasteiger partial charge in [0.25, 0.3) is 0 Å². The number of para-hydroxylation sites is 4. The minimum absolute atomic E-state index is 0.528. The smallest absolute Gasteiger partial charge is 0.239 e. The lowest BCUT2D eigenvalue weighted by molar-refractivity contribution is 0.738. The van der Waals surface area contributed by atoms with E-state index in [1.807, 2.05) is 19.0 Å². The van der Waals surface area contributed by atoms with Crippen molar-refractivity contribution in [3.63, 3.8) is 0 Å². The third-order valence-electron chi connectivity index (χ3n) is 10.8. The van der Waals surface area contributed by atoms with Gasteiger partial charge in [0.05, 0.1) is 39.2 Å². The Morgan fingerprint density at radius 2 is 0.982 bits per heavy atom. The van der Waals surface area contributed by atoms with Gasteiger partial charge in [-0.15, -0.1) is 0 Å². The summed E-state index contributed by atoms with van der Waals surface area (Å²) in [6.45, 7) is 0. The molecule has 262 valence electrons. The second-order valence-electron chi connectivity index (χ2n) is 13.7. The number of fused-ring (bicyclic) bond motifs is 6. The van der Waals surface area contributed by atoms with Crippen LogP contribution in [-0.4, -0.2) is 52.1 Å². The summed E-state index contributed by atoms with van der Waals surface area (Å²) in [6.07, 6.45) is 5.72. The largest absolute Gasteiger partial charge is 0.388 e. The lowest BCUT2D eigenvalue weighted by atomic mass is 10.0. The third-order valence-corrected chi connectivity index (χ3v) is 10.8. The summed E-state index contributed by atoms with van der Waals surface area (Å²) in [5.74, 6) is 1.06. The van der Waals surface area contributed by atoms with Crippen LogP contribution in [0.1, 0.15) is 11.1 Å². The van der Waals surface area contributed by atoms with Crippen molar-refractivity contribution in [3.05, 3.63) is 162 Å². The second-order valence-corrected chi connectivity index (χ2v) is 13.7. The molecule has 2 aromatic heterocycles. The van der Waals surface area contributed by atoms with E-state index in [2.05, 4.69) is 175 Å². The van der Waals surface area contributed by atoms with Crippen LogP contribution in [0.15, 0.2) is 171 Å². The molecule has 0 spiro atoms. The number of benzene rings is 6. The molecular weight excluding hydrogens is 679 g/mol. The molecule has 0 atom stereocenters. The molecule has 9 heteroatoms. The van der Waals surface area contributed by atoms with Crippen molar-refractivity contribution in [2.45, 2.75) is 0 Å². The van der Waals surface area contributed by atoms with Crippen molar-refractivity contribution >= 4 is 84.7 Å². The summed E-state index contributed by atoms with van der Waals surface area (Å²) in [5.41, 5.74) is 13.1. The number of nitrogens with one attached hydrogen (secondary N) is 2. The van der Waals surface area contributed by atoms with E-state index >= 15 is 0 Å². The van der Waals surface area contributed by atoms with Crippen molar-refractivity contribution in [1.82, 2.24) is 14.0 Å². The number of anilines is 2. The van der Waals surface area contributed by atoms with Gasteiger partial charge in [0.15, 0.2) is 0 Å². The molecule has 6 aromatic carbocycles. The van der Waals surface area contributed by atoms with Gasteiger partial charge in [-0.1, -0.05) is 72.8 Å². The van der Waals surface area contributed by atoms with Gasteiger partial charge in [-0.25, -0.2) is 24.9 Å². The molecule has 0 aliphatic carbocycles. The van der Waals surface area contributed by atoms with Gasteiger partial charge < -0.3 is 19.8 Å². The number of hydrogen-bond acceptors (Lipinski definition) is 7. The predicted molar refractivity (Wildman–Crippen MR) is 228 cm³/mol. The molecular formula is C46H33N9. The van der Waals surface area contributed by atoms with E-state index in [0.717, 1.165) is 73.0 Å². The zero-order valence-electron chi connectivity index (χ0n) is 30.1. The Bertz CT molecular complexity index is 2860. The van der Waals surface area contributed by atoms with E-state index in [-0.39, 0.29) is 0 Å². The average Bonchev–Trinajstić information content (AvgIpc) is 3.76. The van der Waals surface area contributed by atoms with Gasteiger partial charge >= 0.3 is 0 Å². The lowest BCUT2D eigenvalue weighted by Gasteiger charge is -2.32. The van der Waals surface area contributed by atoms with Gasteiger partial charge in [0, 0.05) is 69.5 Å². The number of nitrogens with zero attached hydrogens (tertiary/aromatic N) is 7. The second kappa shape index (κ2) is 12.0. The van der Waals surface area contributed by atoms with Crippen LogP contribution in [0.4, 0.5) is 11.4 Å². The average molecular weight is 712 g/mol. The third kappa shape index (κ3) is 4.66. The summed E-state index contributed by atoms with van der Waals surface area (Å²) in [6, 6.07) is 47.2. The number of hydrogen-bond donors (Lipinski definition) is 2. The minimum atomic E-state index is 0.528. The first-order chi connectivity index (χ1) is 27.2. The van der Waals surface area contributed by atoms with Crippen molar-refractivity contribution in [2.75, 3.05) is 24.7 Å². The van der Waals surface area contributed by atoms with Crippen LogP contribution in [-0.2, 0) is 0 Å². The summed E-state index contributed by atoms with van der Waals surface area (Å²) in [5, 5.41) is 11.8. The summed E-state index contributed by atoms with van der Waals surface area (Å²) in [7, 11) is 3.90. The van der Waals surface area contributed by atoms with E-state index in [0.29, 0.717) is 11.9 Å². The van der Waals surface area contributed by atoms with Crippen molar-refractivity contribution in [3.8, 4) is 11.4 Å². The number of rotatable bonds is 6. The van der Waals surface area contributed by atoms with Crippen LogP contribution in [0, 0.1) is 0 Å². The van der Waals surface area contributed by atoms with Gasteiger partial charge in [-0.05, 0) is 72.8 Å². The molecule has 3 aliphatic rings. The Morgan fingerprint density at radius 1 is 0.491 bits per heavy atom. The highest BCUT2D eigenvalue weighted by atomic mass is 15.4. The van der Waals surface area contributed by atoms with E-state index in [1.165, 1.54) is 27.9 Å². The fraction of sp³-hybridized carbons (Fsp3) is 0.0435. The first kappa shape index (κ1) is 31.0. The highest BCUT2D eigenvalue weighted by molar-refractivity contribution is 6.24. The van der Waals surface area contributed by atoms with Crippen LogP contribution < -0.4 is 10.6 Å². The first-order valence-electron chi connectivity index (χ1n) is 18.3. The first-order valence-corrected chi connectivity index (χ1v) is 18.3. The van der Waals surface area contributed by atoms with Gasteiger partial charge in [-0.2, -0.15) is 0 Å². The quantitative estimate of drug-likeness (QED) is 0.180. The van der Waals surface area contributed by atoms with E-state index in [9.17, 15) is 0 Å². The highest BCUT2D eigenvalue weighted by Gasteiger charge is 2.32. The fourth-order valence-corrected chi connectivity index (χ4v) is 8.34. The maximum atomic E-state index is 5.03. The Hall–Kier alpha value is -7.52. The van der Waals surface area contributed by atoms with Gasteiger partial charge in [-0.3, -0.25) is 0 Å². The fourth-order valence-electron chi connectivity index (χ4n) is 8.34. The zero-order valence-corrected chi connectivity index (χ0v) is 30.1. The van der Waals surface area contributed by atoms with Gasteiger partial charge in [0.2, 0.25) is 11.9 Å². The molecule has 0 fully saturated rings. The molecule has 0 saturated heterocycles. The maximum absolute atomic E-state index is 5.03. The van der Waals surface area contributed by atoms with E-state index in [4.69, 9.17) is 9.98 Å². The molecule has 3 aliphatic heterocycles. The summed E-state index contributed by atoms with van der Waals surface area (Å²) < 4.78 is 4.65. The summed E-state index contributed by atoms with van der Waals surface area (Å²) in [4.78, 5) is 21.1. The number of aliphatic imine (C=N–C) groups is 4. The molecule has 0 radical (unpaired) electrons. The van der Waals surface area contributed by atoms with Crippen LogP contribution in [0.2, 0.25) is 0 Å². The van der Waals surface area contributed by atoms with Crippen LogP contribution in [0.3, 0.4) is 0 Å². The minimum Gasteiger partial charge on any atom is -0.388 e. The molecule has 0 bridgehead atoms. The van der Waals surface area contributed by atoms with Crippen LogP contribution in [0.25, 0.3) is 60.7 Å². The Kier molecular flexibility index (Phi) is 6.78. The molecule has 5 heterocycles. The monoisotopic (exact) mass is 711 g/mol. The molecule has 0 saturated carbocycles. The standard InChI is InChI=1S/C46H33N9/c1-47-37-23-28(53-41-15-7-3-11-31(41)32-12-4-8-16-42(32)53)19-21-35(37)39-25-30-26-40(52-46-50-27-49-45(51-39)55(30)46)36-22-20-29(24-38(36)48-2)54-43-17-9-5-13-33(43)34-14-6-10-18-44(34)54/h3-27,47-48H,1-2H3. The predicted octanol–water partition coefficient (Wildman–Crippen LogP) is 9.76. The van der Waals surface area contributed by atoms with Gasteiger partial charge in [0.1, 0.15) is 6.34 Å². The van der Waals surface area contributed by atoms with Crippen molar-refractivity contribution in [1.29, 1.82) is 0 Å². The highest BCUT2D eigenvalue weighted by Crippen LogP contribution is 2.38. The Morgan fingerprint density at radius 3 is 1.51 bits per heavy atom. The number of aromatic nitrogens is 2. The van der Waals surface area contributed by atoms with E-state index in [1.54, 1.807) is 0 Å². The van der Waals surface area contributed by atoms with Crippen molar-refractivity contribution in [2.24, 2.45) is 20.0 Å². The number of guanidine groups is 2. The molecule has 0 unspecified atom stereocenters. The molecule has 8 aromatic rings. The normalized spacial score (nSPS) is 14.8. The summed E-state index contributed by atoms with van der Waals surface area (Å²) >= 11 is 0. The number of allylic oxidation sites excluding steroid dienone is 2. The Labute approximate surface area is 316 Å². The molecule has 2 N–H and O–H groups in total. The SMILES string of the molecule is CNc1cc(-n2c3ccccc3c3ccccc32)ccc1C1=CC2=CC(c3ccc(-n4c5ccccc5c5ccccc54)cc3NC)=NC3=NC=NC(=N1)N23. The zero-order chi connectivity index (χ0) is 36.6. The molecule has 11 rings (SSSR count). The van der Waals surface area contributed by atoms with Crippen LogP contribution in [0.5, 0.6) is 0 Å². The lowest BCUT2D eigenvalue weighted by Crippen LogP contribution is -2.40. The molecule has 0 amide bonds. The molecule has 9 nitrogen and oxygen atoms in total. The van der Waals surface area contributed by atoms with E-state index < -0.39 is 0 Å². The van der Waals surface area contributed by atoms with Crippen molar-refractivity contribution < 1.29 is 0 Å². The van der Waals surface area contributed by atoms with Crippen LogP contribution >= 0.6 is 0 Å². The topological polar surface area (TPSA) is 86.6 Å².